The largest absolute Gasteiger partial charge is 0.359 e. The zero-order valence-corrected chi connectivity index (χ0v) is 3.81. The van der Waals surface area contributed by atoms with Gasteiger partial charge in [-0.1, -0.05) is 0 Å². The van der Waals surface area contributed by atoms with Crippen molar-refractivity contribution in [2.45, 2.75) is 0 Å². The number of ether oxygens (including phenoxy) is 2. The second kappa shape index (κ2) is 4.92. The smallest absolute Gasteiger partial charge is 0.146 e. The molecule has 0 fully saturated rings. The van der Waals surface area contributed by atoms with Crippen LogP contribution in [0, 0.1) is 6.92 Å². The van der Waals surface area contributed by atoms with Crippen molar-refractivity contribution in [3.8, 4) is 0 Å². The van der Waals surface area contributed by atoms with Gasteiger partial charge >= 0.3 is 0 Å². The van der Waals surface area contributed by atoms with Crippen molar-refractivity contribution in [2.24, 2.45) is 0 Å². The van der Waals surface area contributed by atoms with Crippen LogP contribution in [0.5, 0.6) is 0 Å². The Hall–Kier alpha value is -0.0800. The zero-order chi connectivity index (χ0) is 4.83. The van der Waals surface area contributed by atoms with Crippen molar-refractivity contribution in [2.75, 3.05) is 20.5 Å². The molecule has 0 aromatic carbocycles. The molecule has 0 saturated carbocycles. The van der Waals surface area contributed by atoms with Gasteiger partial charge in [0.1, 0.15) is 6.79 Å². The van der Waals surface area contributed by atoms with Gasteiger partial charge in [-0.15, -0.1) is 0 Å². The Morgan fingerprint density at radius 3 is 2.50 bits per heavy atom. The molecular weight excluding hydrogens is 80.0 g/mol. The Balaban J connectivity index is 2.34. The summed E-state index contributed by atoms with van der Waals surface area (Å²) in [6.45, 7) is 5.43. The minimum Gasteiger partial charge on any atom is -0.359 e. The second-order valence-electron chi connectivity index (χ2n) is 0.777. The molecule has 36 valence electrons. The van der Waals surface area contributed by atoms with Gasteiger partial charge < -0.3 is 9.47 Å². The molecule has 2 heteroatoms. The molecule has 0 N–H and O–H groups in total. The first-order valence-corrected chi connectivity index (χ1v) is 1.68. The first-order chi connectivity index (χ1) is 2.91. The molecule has 0 aliphatic heterocycles. The molecule has 0 bridgehead atoms. The van der Waals surface area contributed by atoms with E-state index in [0.717, 1.165) is 0 Å². The van der Waals surface area contributed by atoms with Gasteiger partial charge in [-0.3, -0.25) is 0 Å². The van der Waals surface area contributed by atoms with E-state index < -0.39 is 0 Å². The van der Waals surface area contributed by atoms with Gasteiger partial charge in [-0.05, 0) is 6.92 Å². The third-order valence-electron chi connectivity index (χ3n) is 0.319. The van der Waals surface area contributed by atoms with Gasteiger partial charge in [0.15, 0.2) is 0 Å². The van der Waals surface area contributed by atoms with Gasteiger partial charge in [0.2, 0.25) is 0 Å². The lowest BCUT2D eigenvalue weighted by atomic mass is 10.9. The first-order valence-electron chi connectivity index (χ1n) is 1.68. The van der Waals surface area contributed by atoms with E-state index in [0.29, 0.717) is 0 Å². The van der Waals surface area contributed by atoms with Crippen LogP contribution in [-0.2, 0) is 9.47 Å². The van der Waals surface area contributed by atoms with E-state index in [4.69, 9.17) is 6.92 Å². The van der Waals surface area contributed by atoms with Crippen LogP contribution in [0.1, 0.15) is 0 Å². The summed E-state index contributed by atoms with van der Waals surface area (Å²) in [7, 11) is 1.55. The minimum absolute atomic E-state index is 0.230. The highest BCUT2D eigenvalue weighted by molar-refractivity contribution is 4.23. The highest BCUT2D eigenvalue weighted by Gasteiger charge is 1.71. The van der Waals surface area contributed by atoms with E-state index in [1.54, 1.807) is 7.11 Å². The Bertz CT molecular complexity index is 17.5. The molecular formula is C4H8O2. The highest BCUT2D eigenvalue weighted by Crippen LogP contribution is 1.68. The van der Waals surface area contributed by atoms with Crippen molar-refractivity contribution in [1.29, 1.82) is 0 Å². The summed E-state index contributed by atoms with van der Waals surface area (Å²) in [5.74, 6) is 0. The highest BCUT2D eigenvalue weighted by atomic mass is 16.7. The fourth-order valence-corrected chi connectivity index (χ4v) is 0.131. The summed E-state index contributed by atoms with van der Waals surface area (Å²) in [4.78, 5) is 0. The fourth-order valence-electron chi connectivity index (χ4n) is 0.131. The molecule has 0 amide bonds. The summed E-state index contributed by atoms with van der Waals surface area (Å²) in [6, 6.07) is 0. The van der Waals surface area contributed by atoms with Crippen molar-refractivity contribution < 1.29 is 9.47 Å². The topological polar surface area (TPSA) is 18.5 Å². The molecule has 6 heavy (non-hydrogen) atoms. The maximum atomic E-state index is 4.91. The van der Waals surface area contributed by atoms with E-state index in [2.05, 4.69) is 9.47 Å². The van der Waals surface area contributed by atoms with Crippen LogP contribution in [0.25, 0.3) is 0 Å². The Morgan fingerprint density at radius 2 is 2.33 bits per heavy atom. The molecule has 0 atom stereocenters. The predicted octanol–water partition coefficient (Wildman–Crippen LogP) is 0.318. The van der Waals surface area contributed by atoms with Crippen molar-refractivity contribution >= 4 is 0 Å². The van der Waals surface area contributed by atoms with E-state index in [9.17, 15) is 0 Å². The first kappa shape index (κ1) is 5.92. The van der Waals surface area contributed by atoms with Crippen LogP contribution in [0.3, 0.4) is 0 Å². The van der Waals surface area contributed by atoms with Gasteiger partial charge in [0.25, 0.3) is 0 Å². The molecule has 0 aromatic heterocycles. The van der Waals surface area contributed by atoms with E-state index in [1.807, 2.05) is 0 Å². The van der Waals surface area contributed by atoms with E-state index in [1.165, 1.54) is 0 Å². The lowest BCUT2D eigenvalue weighted by Crippen LogP contribution is -1.93. The summed E-state index contributed by atoms with van der Waals surface area (Å²) < 4.78 is 9.02. The number of hydrogen-bond donors (Lipinski definition) is 0. The molecule has 0 aliphatic rings. The fraction of sp³-hybridized carbons (Fsp3) is 0.750. The molecule has 0 heterocycles. The molecule has 2 radical (unpaired) electrons. The monoisotopic (exact) mass is 88.1 g/mol. The lowest BCUT2D eigenvalue weighted by molar-refractivity contribution is -0.0192. The van der Waals surface area contributed by atoms with E-state index >= 15 is 0 Å². The van der Waals surface area contributed by atoms with Gasteiger partial charge in [0.05, 0.1) is 6.61 Å². The normalized spacial score (nSPS) is 9.00. The van der Waals surface area contributed by atoms with Crippen LogP contribution in [0.2, 0.25) is 0 Å². The van der Waals surface area contributed by atoms with Crippen LogP contribution in [0.15, 0.2) is 0 Å². The molecule has 0 aliphatic carbocycles. The lowest BCUT2D eigenvalue weighted by Gasteiger charge is -1.93. The van der Waals surface area contributed by atoms with Crippen molar-refractivity contribution in [1.82, 2.24) is 0 Å². The average Bonchev–Trinajstić information content (AvgIpc) is 1.61. The van der Waals surface area contributed by atoms with Crippen LogP contribution in [-0.4, -0.2) is 20.5 Å². The third-order valence-corrected chi connectivity index (χ3v) is 0.319. The summed E-state index contributed by atoms with van der Waals surface area (Å²) in [5, 5.41) is 0. The molecule has 0 spiro atoms. The van der Waals surface area contributed by atoms with Crippen molar-refractivity contribution in [3.63, 3.8) is 0 Å². The summed E-state index contributed by atoms with van der Waals surface area (Å²) in [6.07, 6.45) is 0. The van der Waals surface area contributed by atoms with Gasteiger partial charge in [0, 0.05) is 7.11 Å². The van der Waals surface area contributed by atoms with Gasteiger partial charge in [-0.2, -0.15) is 0 Å². The number of hydrogen-bond acceptors (Lipinski definition) is 2. The maximum absolute atomic E-state index is 4.91. The molecule has 0 unspecified atom stereocenters. The summed E-state index contributed by atoms with van der Waals surface area (Å²) >= 11 is 0. The predicted molar refractivity (Wildman–Crippen MR) is 22.1 cm³/mol. The van der Waals surface area contributed by atoms with Crippen LogP contribution in [0.4, 0.5) is 0 Å². The number of rotatable bonds is 3. The molecule has 2 nitrogen and oxygen atoms in total. The summed E-state index contributed by atoms with van der Waals surface area (Å²) in [5.41, 5.74) is 0. The number of methoxy groups -OCH3 is 1. The van der Waals surface area contributed by atoms with Gasteiger partial charge in [-0.25, -0.2) is 0 Å². The average molecular weight is 88.1 g/mol. The maximum Gasteiger partial charge on any atom is 0.146 e. The molecule has 0 aromatic rings. The minimum atomic E-state index is 0.230. The van der Waals surface area contributed by atoms with Crippen molar-refractivity contribution in [3.05, 3.63) is 6.92 Å². The molecule has 0 saturated heterocycles. The van der Waals surface area contributed by atoms with E-state index in [-0.39, 0.29) is 13.4 Å². The third kappa shape index (κ3) is 3.92. The van der Waals surface area contributed by atoms with Crippen LogP contribution < -0.4 is 0 Å². The Kier molecular flexibility index (Phi) is 4.85. The standard InChI is InChI=1S/C4H8O2/c1-3-6-4-5-2/h1H,3-4H2,2H3. The molecule has 0 rings (SSSR count). The zero-order valence-electron chi connectivity index (χ0n) is 3.81. The Morgan fingerprint density at radius 1 is 1.67 bits per heavy atom. The second-order valence-corrected chi connectivity index (χ2v) is 0.777. The SMILES string of the molecule is [CH]COCOC. The quantitative estimate of drug-likeness (QED) is 0.365. The Labute approximate surface area is 38.1 Å². The van der Waals surface area contributed by atoms with Crippen LogP contribution >= 0.6 is 0 Å².